The van der Waals surface area contributed by atoms with Gasteiger partial charge >= 0.3 is 0 Å². The molecule has 126 valence electrons. The molecule has 0 N–H and O–H groups in total. The van der Waals surface area contributed by atoms with Crippen LogP contribution in [0.4, 0.5) is 0 Å². The zero-order valence-corrected chi connectivity index (χ0v) is 14.8. The molecule has 0 unspecified atom stereocenters. The molecule has 0 saturated carbocycles. The molecule has 2 aromatic rings. The van der Waals surface area contributed by atoms with E-state index in [2.05, 4.69) is 5.10 Å². The Morgan fingerprint density at radius 1 is 1.22 bits per heavy atom. The van der Waals surface area contributed by atoms with Gasteiger partial charge in [0.2, 0.25) is 10.0 Å². The minimum Gasteiger partial charge on any atom is -0.488 e. The first-order valence-corrected chi connectivity index (χ1v) is 9.26. The number of benzene rings is 1. The van der Waals surface area contributed by atoms with Gasteiger partial charge in [0.25, 0.3) is 0 Å². The zero-order valence-electron chi connectivity index (χ0n) is 14.0. The van der Waals surface area contributed by atoms with E-state index in [1.807, 2.05) is 51.2 Å². The molecule has 0 aliphatic rings. The van der Waals surface area contributed by atoms with Gasteiger partial charge in [-0.2, -0.15) is 9.40 Å². The largest absolute Gasteiger partial charge is 0.488 e. The first-order chi connectivity index (χ1) is 10.8. The highest BCUT2D eigenvalue weighted by Crippen LogP contribution is 2.21. The highest BCUT2D eigenvalue weighted by molar-refractivity contribution is 7.88. The third-order valence-corrected chi connectivity index (χ3v) is 4.95. The average Bonchev–Trinajstić information content (AvgIpc) is 2.72. The molecule has 0 aliphatic carbocycles. The van der Waals surface area contributed by atoms with Gasteiger partial charge in [0.05, 0.1) is 11.9 Å². The van der Waals surface area contributed by atoms with E-state index in [0.717, 1.165) is 22.7 Å². The van der Waals surface area contributed by atoms with Gasteiger partial charge in [0.15, 0.2) is 5.75 Å². The van der Waals surface area contributed by atoms with Crippen molar-refractivity contribution in [2.24, 2.45) is 7.05 Å². The van der Waals surface area contributed by atoms with Crippen LogP contribution in [-0.2, 0) is 23.6 Å². The fraction of sp³-hybridized carbons (Fsp3) is 0.438. The minimum absolute atomic E-state index is 0.285. The Kier molecular flexibility index (Phi) is 5.43. The molecule has 23 heavy (non-hydrogen) atoms. The van der Waals surface area contributed by atoms with Crippen LogP contribution in [0.1, 0.15) is 17.0 Å². The number of nitrogens with zero attached hydrogens (tertiary/aromatic N) is 3. The zero-order chi connectivity index (χ0) is 17.0. The van der Waals surface area contributed by atoms with E-state index in [-0.39, 0.29) is 6.61 Å². The lowest BCUT2D eigenvalue weighted by atomic mass is 10.2. The lowest BCUT2D eigenvalue weighted by molar-refractivity contribution is 0.267. The lowest BCUT2D eigenvalue weighted by Gasteiger charge is -2.20. The van der Waals surface area contributed by atoms with Gasteiger partial charge in [-0.1, -0.05) is 30.3 Å². The van der Waals surface area contributed by atoms with Crippen molar-refractivity contribution in [3.8, 4) is 5.75 Å². The van der Waals surface area contributed by atoms with E-state index >= 15 is 0 Å². The fourth-order valence-electron chi connectivity index (χ4n) is 2.36. The molecule has 6 nitrogen and oxygen atoms in total. The summed E-state index contributed by atoms with van der Waals surface area (Å²) in [5, 5.41) is 4.28. The van der Waals surface area contributed by atoms with Gasteiger partial charge in [-0.05, 0) is 19.4 Å². The summed E-state index contributed by atoms with van der Waals surface area (Å²) < 4.78 is 32.9. The van der Waals surface area contributed by atoms with Crippen molar-refractivity contribution in [2.75, 3.05) is 19.4 Å². The molecule has 0 spiro atoms. The Bertz CT molecular complexity index is 754. The Labute approximate surface area is 137 Å². The molecule has 1 heterocycles. The lowest BCUT2D eigenvalue weighted by Crippen LogP contribution is -2.33. The number of ether oxygens (including phenoxy) is 1. The van der Waals surface area contributed by atoms with Crippen molar-refractivity contribution in [3.63, 3.8) is 0 Å². The van der Waals surface area contributed by atoms with Crippen molar-refractivity contribution in [3.05, 3.63) is 47.3 Å². The third kappa shape index (κ3) is 4.56. The summed E-state index contributed by atoms with van der Waals surface area (Å²) >= 11 is 0. The first-order valence-electron chi connectivity index (χ1n) is 7.41. The van der Waals surface area contributed by atoms with Gasteiger partial charge in [0, 0.05) is 20.1 Å². The average molecular weight is 337 g/mol. The standard InChI is InChI=1S/C16H23N3O3S/c1-13-16(14(2)18(3)17-13)22-11-10-19(23(4,20)21)12-15-8-6-5-7-9-15/h5-9H,10-12H2,1-4H3. The monoisotopic (exact) mass is 337 g/mol. The molecule has 7 heteroatoms. The Balaban J connectivity index is 2.02. The molecule has 0 fully saturated rings. The molecule has 1 aromatic carbocycles. The third-order valence-electron chi connectivity index (χ3n) is 3.70. The van der Waals surface area contributed by atoms with E-state index in [4.69, 9.17) is 4.74 Å². The number of aryl methyl sites for hydroxylation is 2. The molecular weight excluding hydrogens is 314 g/mol. The van der Waals surface area contributed by atoms with Crippen LogP contribution in [0.2, 0.25) is 0 Å². The predicted octanol–water partition coefficient (Wildman–Crippen LogP) is 1.88. The van der Waals surface area contributed by atoms with Crippen molar-refractivity contribution in [2.45, 2.75) is 20.4 Å². The topological polar surface area (TPSA) is 64.4 Å². The second kappa shape index (κ2) is 7.14. The van der Waals surface area contributed by atoms with Crippen LogP contribution in [0.5, 0.6) is 5.75 Å². The Morgan fingerprint density at radius 2 is 1.87 bits per heavy atom. The van der Waals surface area contributed by atoms with Crippen molar-refractivity contribution in [1.82, 2.24) is 14.1 Å². The van der Waals surface area contributed by atoms with E-state index in [1.54, 1.807) is 4.68 Å². The predicted molar refractivity (Wildman–Crippen MR) is 89.9 cm³/mol. The summed E-state index contributed by atoms with van der Waals surface area (Å²) in [5.41, 5.74) is 2.68. The number of rotatable bonds is 7. The maximum atomic E-state index is 12.0. The number of aromatic nitrogens is 2. The molecule has 0 radical (unpaired) electrons. The van der Waals surface area contributed by atoms with Gasteiger partial charge in [-0.25, -0.2) is 8.42 Å². The second-order valence-electron chi connectivity index (χ2n) is 5.55. The van der Waals surface area contributed by atoms with Crippen LogP contribution < -0.4 is 4.74 Å². The van der Waals surface area contributed by atoms with Crippen molar-refractivity contribution >= 4 is 10.0 Å². The number of sulfonamides is 1. The highest BCUT2D eigenvalue weighted by Gasteiger charge is 2.18. The molecular formula is C16H23N3O3S. The van der Waals surface area contributed by atoms with Crippen LogP contribution in [0.15, 0.2) is 30.3 Å². The minimum atomic E-state index is -3.30. The van der Waals surface area contributed by atoms with Crippen LogP contribution >= 0.6 is 0 Å². The normalized spacial score (nSPS) is 11.9. The van der Waals surface area contributed by atoms with Crippen LogP contribution in [-0.4, -0.2) is 41.9 Å². The van der Waals surface area contributed by atoms with Gasteiger partial charge in [0.1, 0.15) is 12.3 Å². The van der Waals surface area contributed by atoms with Crippen LogP contribution in [0.3, 0.4) is 0 Å². The summed E-state index contributed by atoms with van der Waals surface area (Å²) in [5.74, 6) is 0.723. The molecule has 0 atom stereocenters. The quantitative estimate of drug-likeness (QED) is 0.774. The smallest absolute Gasteiger partial charge is 0.211 e. The SMILES string of the molecule is Cc1nn(C)c(C)c1OCCN(Cc1ccccc1)S(C)(=O)=O. The van der Waals surface area contributed by atoms with E-state index in [9.17, 15) is 8.42 Å². The molecule has 0 saturated heterocycles. The molecule has 0 aliphatic heterocycles. The van der Waals surface area contributed by atoms with Crippen molar-refractivity contribution < 1.29 is 13.2 Å². The second-order valence-corrected chi connectivity index (χ2v) is 7.54. The summed E-state index contributed by atoms with van der Waals surface area (Å²) in [4.78, 5) is 0. The van der Waals surface area contributed by atoms with Crippen LogP contribution in [0.25, 0.3) is 0 Å². The summed E-state index contributed by atoms with van der Waals surface area (Å²) in [6.45, 7) is 4.72. The first kappa shape index (κ1) is 17.5. The van der Waals surface area contributed by atoms with Gasteiger partial charge in [-0.3, -0.25) is 4.68 Å². The van der Waals surface area contributed by atoms with E-state index in [1.165, 1.54) is 10.6 Å². The molecule has 0 bridgehead atoms. The molecule has 1 aromatic heterocycles. The van der Waals surface area contributed by atoms with E-state index < -0.39 is 10.0 Å². The summed E-state index contributed by atoms with van der Waals surface area (Å²) in [7, 11) is -1.45. The van der Waals surface area contributed by atoms with Gasteiger partial charge < -0.3 is 4.74 Å². The van der Waals surface area contributed by atoms with Crippen molar-refractivity contribution in [1.29, 1.82) is 0 Å². The fourth-order valence-corrected chi connectivity index (χ4v) is 3.15. The molecule has 0 amide bonds. The Morgan fingerprint density at radius 3 is 2.39 bits per heavy atom. The number of hydrogen-bond acceptors (Lipinski definition) is 4. The molecule has 2 rings (SSSR count). The highest BCUT2D eigenvalue weighted by atomic mass is 32.2. The Hall–Kier alpha value is -1.86. The maximum Gasteiger partial charge on any atom is 0.211 e. The maximum absolute atomic E-state index is 12.0. The summed E-state index contributed by atoms with van der Waals surface area (Å²) in [6, 6.07) is 9.53. The van der Waals surface area contributed by atoms with Gasteiger partial charge in [-0.15, -0.1) is 0 Å². The van der Waals surface area contributed by atoms with E-state index in [0.29, 0.717) is 13.1 Å². The number of hydrogen-bond donors (Lipinski definition) is 0. The summed E-state index contributed by atoms with van der Waals surface area (Å²) in [6.07, 6.45) is 1.22. The van der Waals surface area contributed by atoms with Crippen LogP contribution in [0, 0.1) is 13.8 Å².